The van der Waals surface area contributed by atoms with Gasteiger partial charge in [0.1, 0.15) is 4.90 Å². The van der Waals surface area contributed by atoms with Gasteiger partial charge in [-0.05, 0) is 18.4 Å². The SMILES string of the molecule is CC(=O)c1sccc1S(=O)(=O)Cl. The molecule has 0 aromatic carbocycles. The second-order valence-corrected chi connectivity index (χ2v) is 5.56. The zero-order valence-electron chi connectivity index (χ0n) is 6.07. The van der Waals surface area contributed by atoms with Crippen LogP contribution in [0.4, 0.5) is 0 Å². The second kappa shape index (κ2) is 3.16. The van der Waals surface area contributed by atoms with Gasteiger partial charge in [-0.1, -0.05) is 0 Å². The highest BCUT2D eigenvalue weighted by atomic mass is 35.7. The number of thiophene rings is 1. The molecule has 0 saturated carbocycles. The zero-order chi connectivity index (χ0) is 9.35. The lowest BCUT2D eigenvalue weighted by Crippen LogP contribution is -1.97. The van der Waals surface area contributed by atoms with E-state index in [4.69, 9.17) is 10.7 Å². The third kappa shape index (κ3) is 1.85. The van der Waals surface area contributed by atoms with Gasteiger partial charge >= 0.3 is 0 Å². The standard InChI is InChI=1S/C6H5ClO3S2/c1-4(8)6-5(2-3-11-6)12(7,9)10/h2-3H,1H3. The number of ketones is 1. The maximum Gasteiger partial charge on any atom is 0.262 e. The monoisotopic (exact) mass is 224 g/mol. The number of hydrogen-bond donors (Lipinski definition) is 0. The number of halogens is 1. The van der Waals surface area contributed by atoms with E-state index in [9.17, 15) is 13.2 Å². The summed E-state index contributed by atoms with van der Waals surface area (Å²) in [6, 6.07) is 1.32. The van der Waals surface area contributed by atoms with E-state index in [0.717, 1.165) is 11.3 Å². The number of carbonyl (C=O) groups excluding carboxylic acids is 1. The second-order valence-electron chi connectivity index (χ2n) is 2.11. The number of carbonyl (C=O) groups is 1. The molecular formula is C6H5ClO3S2. The Hall–Kier alpha value is -0.390. The summed E-state index contributed by atoms with van der Waals surface area (Å²) in [5, 5.41) is 1.52. The van der Waals surface area contributed by atoms with E-state index >= 15 is 0 Å². The Bertz CT molecular complexity index is 404. The lowest BCUT2D eigenvalue weighted by molar-refractivity contribution is 0.101. The summed E-state index contributed by atoms with van der Waals surface area (Å²) in [4.78, 5) is 11.0. The first kappa shape index (κ1) is 9.70. The molecule has 6 heteroatoms. The minimum atomic E-state index is -3.77. The molecule has 3 nitrogen and oxygen atoms in total. The molecule has 0 spiro atoms. The minimum Gasteiger partial charge on any atom is -0.294 e. The Balaban J connectivity index is 3.36. The zero-order valence-corrected chi connectivity index (χ0v) is 8.46. The van der Waals surface area contributed by atoms with Gasteiger partial charge in [0.15, 0.2) is 5.78 Å². The van der Waals surface area contributed by atoms with Crippen LogP contribution in [0.2, 0.25) is 0 Å². The average Bonchev–Trinajstić information content (AvgIpc) is 2.30. The molecule has 0 atom stereocenters. The largest absolute Gasteiger partial charge is 0.294 e. The van der Waals surface area contributed by atoms with Crippen molar-refractivity contribution in [3.05, 3.63) is 16.3 Å². The van der Waals surface area contributed by atoms with Crippen molar-refractivity contribution in [3.63, 3.8) is 0 Å². The van der Waals surface area contributed by atoms with Gasteiger partial charge in [-0.3, -0.25) is 4.79 Å². The Kier molecular flexibility index (Phi) is 2.55. The molecule has 0 amide bonds. The van der Waals surface area contributed by atoms with Crippen LogP contribution in [0.3, 0.4) is 0 Å². The van der Waals surface area contributed by atoms with Gasteiger partial charge in [-0.2, -0.15) is 0 Å². The van der Waals surface area contributed by atoms with Crippen molar-refractivity contribution in [1.29, 1.82) is 0 Å². The first-order chi connectivity index (χ1) is 5.43. The smallest absolute Gasteiger partial charge is 0.262 e. The Morgan fingerprint density at radius 2 is 2.17 bits per heavy atom. The Morgan fingerprint density at radius 3 is 2.50 bits per heavy atom. The van der Waals surface area contributed by atoms with Gasteiger partial charge in [0.05, 0.1) is 4.88 Å². The molecule has 0 fully saturated rings. The third-order valence-corrected chi connectivity index (χ3v) is 3.72. The molecule has 0 radical (unpaired) electrons. The fraction of sp³-hybridized carbons (Fsp3) is 0.167. The van der Waals surface area contributed by atoms with E-state index in [1.54, 1.807) is 0 Å². The highest BCUT2D eigenvalue weighted by Crippen LogP contribution is 2.25. The Morgan fingerprint density at radius 1 is 1.58 bits per heavy atom. The summed E-state index contributed by atoms with van der Waals surface area (Å²) >= 11 is 1.07. The van der Waals surface area contributed by atoms with E-state index in [2.05, 4.69) is 0 Å². The topological polar surface area (TPSA) is 51.2 Å². The fourth-order valence-corrected chi connectivity index (χ4v) is 3.11. The van der Waals surface area contributed by atoms with Crippen LogP contribution in [-0.2, 0) is 9.05 Å². The first-order valence-corrected chi connectivity index (χ1v) is 6.15. The Labute approximate surface area is 78.4 Å². The molecule has 0 aliphatic heterocycles. The molecule has 66 valence electrons. The predicted octanol–water partition coefficient (Wildman–Crippen LogP) is 1.88. The van der Waals surface area contributed by atoms with Crippen LogP contribution in [-0.4, -0.2) is 14.2 Å². The molecule has 0 N–H and O–H groups in total. The molecular weight excluding hydrogens is 220 g/mol. The molecule has 0 saturated heterocycles. The van der Waals surface area contributed by atoms with Crippen LogP contribution in [0, 0.1) is 0 Å². The normalized spacial score (nSPS) is 11.5. The van der Waals surface area contributed by atoms with Crippen molar-refractivity contribution in [2.24, 2.45) is 0 Å². The van der Waals surface area contributed by atoms with Crippen LogP contribution >= 0.6 is 22.0 Å². The average molecular weight is 225 g/mol. The lowest BCUT2D eigenvalue weighted by atomic mass is 10.4. The maximum atomic E-state index is 10.9. The molecule has 1 rings (SSSR count). The van der Waals surface area contributed by atoms with E-state index in [0.29, 0.717) is 0 Å². The van der Waals surface area contributed by atoms with E-state index in [1.165, 1.54) is 18.4 Å². The molecule has 0 aliphatic carbocycles. The van der Waals surface area contributed by atoms with Crippen molar-refractivity contribution < 1.29 is 13.2 Å². The van der Waals surface area contributed by atoms with Gasteiger partial charge in [-0.15, -0.1) is 11.3 Å². The number of Topliss-reactive ketones (excluding diaryl/α,β-unsaturated/α-hetero) is 1. The van der Waals surface area contributed by atoms with E-state index in [-0.39, 0.29) is 15.6 Å². The van der Waals surface area contributed by atoms with Crippen molar-refractivity contribution in [2.75, 3.05) is 0 Å². The third-order valence-electron chi connectivity index (χ3n) is 1.21. The van der Waals surface area contributed by atoms with Gasteiger partial charge in [0.25, 0.3) is 9.05 Å². The summed E-state index contributed by atoms with van der Waals surface area (Å²) in [6.45, 7) is 1.30. The van der Waals surface area contributed by atoms with Crippen molar-refractivity contribution in [2.45, 2.75) is 11.8 Å². The van der Waals surface area contributed by atoms with Crippen LogP contribution < -0.4 is 0 Å². The van der Waals surface area contributed by atoms with Crippen molar-refractivity contribution >= 4 is 36.9 Å². The van der Waals surface area contributed by atoms with Crippen LogP contribution in [0.5, 0.6) is 0 Å². The first-order valence-electron chi connectivity index (χ1n) is 2.96. The highest BCUT2D eigenvalue weighted by molar-refractivity contribution is 8.13. The van der Waals surface area contributed by atoms with Gasteiger partial charge < -0.3 is 0 Å². The summed E-state index contributed by atoms with van der Waals surface area (Å²) in [7, 11) is 1.30. The lowest BCUT2D eigenvalue weighted by Gasteiger charge is -1.93. The molecule has 0 unspecified atom stereocenters. The van der Waals surface area contributed by atoms with Crippen LogP contribution in [0.15, 0.2) is 16.3 Å². The highest BCUT2D eigenvalue weighted by Gasteiger charge is 2.19. The quantitative estimate of drug-likeness (QED) is 0.569. The van der Waals surface area contributed by atoms with Gasteiger partial charge in [-0.25, -0.2) is 8.42 Å². The predicted molar refractivity (Wildman–Crippen MR) is 47.4 cm³/mol. The van der Waals surface area contributed by atoms with E-state index in [1.807, 2.05) is 0 Å². The molecule has 1 aromatic rings. The number of hydrogen-bond acceptors (Lipinski definition) is 4. The van der Waals surface area contributed by atoms with Gasteiger partial charge in [0.2, 0.25) is 0 Å². The molecule has 1 heterocycles. The summed E-state index contributed by atoms with van der Waals surface area (Å²) in [5.74, 6) is -0.288. The summed E-state index contributed by atoms with van der Waals surface area (Å²) in [6.07, 6.45) is 0. The van der Waals surface area contributed by atoms with Crippen LogP contribution in [0.1, 0.15) is 16.6 Å². The number of rotatable bonds is 2. The minimum absolute atomic E-state index is 0.0957. The van der Waals surface area contributed by atoms with Crippen molar-refractivity contribution in [3.8, 4) is 0 Å². The maximum absolute atomic E-state index is 10.9. The summed E-state index contributed by atoms with van der Waals surface area (Å²) in [5.41, 5.74) is 0. The fourth-order valence-electron chi connectivity index (χ4n) is 0.746. The summed E-state index contributed by atoms with van der Waals surface area (Å²) < 4.78 is 21.7. The molecule has 1 aromatic heterocycles. The van der Waals surface area contributed by atoms with Gasteiger partial charge in [0, 0.05) is 10.7 Å². The van der Waals surface area contributed by atoms with Crippen LogP contribution in [0.25, 0.3) is 0 Å². The molecule has 0 bridgehead atoms. The molecule has 0 aliphatic rings. The molecule has 12 heavy (non-hydrogen) atoms. The van der Waals surface area contributed by atoms with Crippen molar-refractivity contribution in [1.82, 2.24) is 0 Å². The van der Waals surface area contributed by atoms with E-state index < -0.39 is 9.05 Å².